The highest BCUT2D eigenvalue weighted by Gasteiger charge is 2.23. The number of nitrogens with zero attached hydrogens (tertiary/aromatic N) is 1. The van der Waals surface area contributed by atoms with Crippen molar-refractivity contribution in [1.29, 1.82) is 0 Å². The fraction of sp³-hybridized carbons (Fsp3) is 0.444. The Morgan fingerprint density at radius 1 is 1.24 bits per heavy atom. The van der Waals surface area contributed by atoms with Gasteiger partial charge in [0, 0.05) is 18.7 Å². The van der Waals surface area contributed by atoms with E-state index in [9.17, 15) is 9.59 Å². The first-order chi connectivity index (χ1) is 12.2. The number of hydrogen-bond acceptors (Lipinski definition) is 5. The van der Waals surface area contributed by atoms with E-state index >= 15 is 0 Å². The SMILES string of the molecule is CCOCn1c(Cc2ccccc2)c(COCC2CO2)c(=O)[nH]c1=O. The van der Waals surface area contributed by atoms with Crippen LogP contribution in [-0.2, 0) is 34.0 Å². The van der Waals surface area contributed by atoms with E-state index in [1.807, 2.05) is 37.3 Å². The van der Waals surface area contributed by atoms with Gasteiger partial charge in [-0.25, -0.2) is 4.79 Å². The van der Waals surface area contributed by atoms with Crippen LogP contribution in [0.2, 0.25) is 0 Å². The first kappa shape index (κ1) is 17.6. The highest BCUT2D eigenvalue weighted by molar-refractivity contribution is 5.26. The molecule has 0 radical (unpaired) electrons. The minimum absolute atomic E-state index is 0.0903. The lowest BCUT2D eigenvalue weighted by Gasteiger charge is -2.16. The van der Waals surface area contributed by atoms with Crippen LogP contribution in [0.25, 0.3) is 0 Å². The van der Waals surface area contributed by atoms with Gasteiger partial charge in [-0.2, -0.15) is 0 Å². The molecule has 1 aromatic heterocycles. The average Bonchev–Trinajstić information content (AvgIpc) is 3.42. The first-order valence-corrected chi connectivity index (χ1v) is 8.35. The Bertz CT molecular complexity index is 808. The maximum absolute atomic E-state index is 12.3. The molecule has 1 unspecified atom stereocenters. The molecule has 0 saturated carbocycles. The summed E-state index contributed by atoms with van der Waals surface area (Å²) in [6, 6.07) is 9.69. The number of epoxide rings is 1. The number of ether oxygens (including phenoxy) is 3. The minimum atomic E-state index is -0.473. The predicted molar refractivity (Wildman–Crippen MR) is 91.6 cm³/mol. The molecular weight excluding hydrogens is 324 g/mol. The van der Waals surface area contributed by atoms with Crippen LogP contribution >= 0.6 is 0 Å². The second-order valence-corrected chi connectivity index (χ2v) is 5.87. The van der Waals surface area contributed by atoms with E-state index in [1.54, 1.807) is 0 Å². The summed E-state index contributed by atoms with van der Waals surface area (Å²) in [4.78, 5) is 27.0. The van der Waals surface area contributed by atoms with E-state index in [0.717, 1.165) is 5.56 Å². The van der Waals surface area contributed by atoms with Crippen molar-refractivity contribution in [2.45, 2.75) is 32.8 Å². The van der Waals surface area contributed by atoms with E-state index in [1.165, 1.54) is 4.57 Å². The third-order valence-electron chi connectivity index (χ3n) is 4.01. The Morgan fingerprint density at radius 2 is 2.00 bits per heavy atom. The van der Waals surface area contributed by atoms with Gasteiger partial charge in [-0.15, -0.1) is 0 Å². The van der Waals surface area contributed by atoms with E-state index in [-0.39, 0.29) is 19.4 Å². The molecule has 1 atom stereocenters. The Hall–Kier alpha value is -2.22. The number of hydrogen-bond donors (Lipinski definition) is 1. The van der Waals surface area contributed by atoms with Crippen molar-refractivity contribution in [3.05, 3.63) is 68.0 Å². The summed E-state index contributed by atoms with van der Waals surface area (Å²) in [5.74, 6) is 0. The average molecular weight is 346 g/mol. The normalized spacial score (nSPS) is 16.1. The van der Waals surface area contributed by atoms with Crippen LogP contribution in [-0.4, -0.2) is 35.5 Å². The minimum Gasteiger partial charge on any atom is -0.374 e. The molecule has 3 rings (SSSR count). The van der Waals surface area contributed by atoms with Crippen LogP contribution < -0.4 is 11.2 Å². The Labute approximate surface area is 145 Å². The number of rotatable bonds is 9. The van der Waals surface area contributed by atoms with E-state index in [4.69, 9.17) is 14.2 Å². The quantitative estimate of drug-likeness (QED) is 0.686. The molecule has 1 saturated heterocycles. The molecule has 25 heavy (non-hydrogen) atoms. The number of aromatic nitrogens is 2. The highest BCUT2D eigenvalue weighted by Crippen LogP contribution is 2.14. The summed E-state index contributed by atoms with van der Waals surface area (Å²) in [6.45, 7) is 3.68. The topological polar surface area (TPSA) is 85.8 Å². The number of benzene rings is 1. The molecule has 0 bridgehead atoms. The van der Waals surface area contributed by atoms with Crippen molar-refractivity contribution in [2.75, 3.05) is 19.8 Å². The highest BCUT2D eigenvalue weighted by atomic mass is 16.6. The Kier molecular flexibility index (Phi) is 5.80. The van der Waals surface area contributed by atoms with Crippen molar-refractivity contribution in [2.24, 2.45) is 0 Å². The molecule has 134 valence electrons. The smallest absolute Gasteiger partial charge is 0.330 e. The van der Waals surface area contributed by atoms with Gasteiger partial charge in [-0.05, 0) is 12.5 Å². The van der Waals surface area contributed by atoms with E-state index < -0.39 is 11.2 Å². The summed E-state index contributed by atoms with van der Waals surface area (Å²) < 4.78 is 17.6. The molecule has 0 aliphatic carbocycles. The number of H-pyrrole nitrogens is 1. The second kappa shape index (κ2) is 8.24. The van der Waals surface area contributed by atoms with E-state index in [0.29, 0.717) is 37.5 Å². The molecule has 2 heterocycles. The van der Waals surface area contributed by atoms with Crippen LogP contribution in [0.5, 0.6) is 0 Å². The molecule has 1 aliphatic rings. The van der Waals surface area contributed by atoms with Gasteiger partial charge in [0.15, 0.2) is 0 Å². The van der Waals surface area contributed by atoms with Crippen molar-refractivity contribution in [3.63, 3.8) is 0 Å². The van der Waals surface area contributed by atoms with E-state index in [2.05, 4.69) is 4.98 Å². The lowest BCUT2D eigenvalue weighted by Crippen LogP contribution is -2.36. The van der Waals surface area contributed by atoms with Gasteiger partial charge in [-0.1, -0.05) is 30.3 Å². The van der Waals surface area contributed by atoms with Gasteiger partial charge < -0.3 is 14.2 Å². The number of aromatic amines is 1. The van der Waals surface area contributed by atoms with Gasteiger partial charge in [0.05, 0.1) is 25.4 Å². The van der Waals surface area contributed by atoms with Crippen molar-refractivity contribution < 1.29 is 14.2 Å². The maximum atomic E-state index is 12.3. The zero-order chi connectivity index (χ0) is 17.6. The van der Waals surface area contributed by atoms with Crippen molar-refractivity contribution >= 4 is 0 Å². The first-order valence-electron chi connectivity index (χ1n) is 8.35. The second-order valence-electron chi connectivity index (χ2n) is 5.87. The standard InChI is InChI=1S/C18H22N2O5/c1-2-23-12-20-16(8-13-6-4-3-5-7-13)15(17(21)19-18(20)22)11-24-9-14-10-25-14/h3-7,14H,2,8-12H2,1H3,(H,19,21,22). The van der Waals surface area contributed by atoms with Gasteiger partial charge in [0.2, 0.25) is 0 Å². The molecule has 1 aliphatic heterocycles. The predicted octanol–water partition coefficient (Wildman–Crippen LogP) is 1.04. The van der Waals surface area contributed by atoms with Crippen LogP contribution in [0.15, 0.2) is 39.9 Å². The molecule has 0 amide bonds. The summed E-state index contributed by atoms with van der Waals surface area (Å²) in [5.41, 5.74) is 1.18. The number of nitrogens with one attached hydrogen (secondary N) is 1. The van der Waals surface area contributed by atoms with Gasteiger partial charge in [-0.3, -0.25) is 14.3 Å². The van der Waals surface area contributed by atoms with Crippen molar-refractivity contribution in [3.8, 4) is 0 Å². The summed E-state index contributed by atoms with van der Waals surface area (Å²) in [6.07, 6.45) is 0.567. The third-order valence-corrected chi connectivity index (χ3v) is 4.01. The van der Waals surface area contributed by atoms with Crippen molar-refractivity contribution in [1.82, 2.24) is 9.55 Å². The van der Waals surface area contributed by atoms with Gasteiger partial charge in [0.25, 0.3) is 5.56 Å². The van der Waals surface area contributed by atoms with Gasteiger partial charge >= 0.3 is 5.69 Å². The zero-order valence-electron chi connectivity index (χ0n) is 14.2. The molecule has 7 nitrogen and oxygen atoms in total. The monoisotopic (exact) mass is 346 g/mol. The largest absolute Gasteiger partial charge is 0.374 e. The fourth-order valence-corrected chi connectivity index (χ4v) is 2.57. The zero-order valence-corrected chi connectivity index (χ0v) is 14.2. The molecule has 2 aromatic rings. The van der Waals surface area contributed by atoms with Gasteiger partial charge in [0.1, 0.15) is 12.8 Å². The third kappa shape index (κ3) is 4.66. The lowest BCUT2D eigenvalue weighted by atomic mass is 10.1. The molecule has 1 aromatic carbocycles. The summed E-state index contributed by atoms with van der Waals surface area (Å²) >= 11 is 0. The fourth-order valence-electron chi connectivity index (χ4n) is 2.57. The Morgan fingerprint density at radius 3 is 2.68 bits per heavy atom. The summed E-state index contributed by atoms with van der Waals surface area (Å²) in [7, 11) is 0. The summed E-state index contributed by atoms with van der Waals surface area (Å²) in [5, 5.41) is 0. The molecule has 7 heteroatoms. The molecule has 1 N–H and O–H groups in total. The van der Waals surface area contributed by atoms with Crippen LogP contribution in [0, 0.1) is 0 Å². The van der Waals surface area contributed by atoms with Crippen LogP contribution in [0.4, 0.5) is 0 Å². The van der Waals surface area contributed by atoms with Crippen LogP contribution in [0.3, 0.4) is 0 Å². The Balaban J connectivity index is 1.94. The molecule has 1 fully saturated rings. The lowest BCUT2D eigenvalue weighted by molar-refractivity contribution is 0.0790. The molecular formula is C18H22N2O5. The van der Waals surface area contributed by atoms with Crippen LogP contribution in [0.1, 0.15) is 23.7 Å². The molecule has 0 spiro atoms. The maximum Gasteiger partial charge on any atom is 0.330 e.